The topological polar surface area (TPSA) is 12.5 Å². The summed E-state index contributed by atoms with van der Waals surface area (Å²) in [5.41, 5.74) is 5.58. The van der Waals surface area contributed by atoms with Gasteiger partial charge in [-0.1, -0.05) is 26.0 Å². The lowest BCUT2D eigenvalue weighted by Gasteiger charge is -2.30. The van der Waals surface area contributed by atoms with E-state index in [1.165, 1.54) is 35.1 Å². The molecule has 1 aromatic carbocycles. The van der Waals surface area contributed by atoms with Crippen LogP contribution < -0.4 is 0 Å². The Labute approximate surface area is 135 Å². The molecule has 1 aromatic rings. The molecule has 0 radical (unpaired) electrons. The third kappa shape index (κ3) is 4.27. The molecule has 0 amide bonds. The first kappa shape index (κ1) is 16.8. The molecule has 0 bridgehead atoms. The van der Waals surface area contributed by atoms with Crippen LogP contribution >= 0.6 is 0 Å². The zero-order chi connectivity index (χ0) is 16.6. The summed E-state index contributed by atoms with van der Waals surface area (Å²) in [5.74, 6) is 1.22. The molecule has 3 rings (SSSR count). The summed E-state index contributed by atoms with van der Waals surface area (Å²) < 4.78 is 40.1. The fraction of sp³-hybridized carbons (Fsp3) is 0.667. The number of alkyl halides is 3. The van der Waals surface area contributed by atoms with Crippen molar-refractivity contribution in [2.24, 2.45) is 0 Å². The largest absolute Gasteiger partial charge is 0.522 e. The highest BCUT2D eigenvalue weighted by Crippen LogP contribution is 2.44. The molecule has 0 spiro atoms. The van der Waals surface area contributed by atoms with E-state index in [1.54, 1.807) is 0 Å². The molecule has 2 aliphatic rings. The summed E-state index contributed by atoms with van der Waals surface area (Å²) in [7, 11) is 0. The summed E-state index contributed by atoms with van der Waals surface area (Å²) in [6.07, 6.45) is -1.09. The molecular weight excluding hydrogens is 303 g/mol. The molecule has 0 aromatic heterocycles. The molecule has 1 aliphatic heterocycles. The second-order valence-corrected chi connectivity index (χ2v) is 7.00. The van der Waals surface area contributed by atoms with Crippen molar-refractivity contribution in [3.8, 4) is 0 Å². The Morgan fingerprint density at radius 2 is 1.96 bits per heavy atom. The van der Waals surface area contributed by atoms with Crippen LogP contribution in [0.15, 0.2) is 12.1 Å². The van der Waals surface area contributed by atoms with Gasteiger partial charge in [-0.3, -0.25) is 9.64 Å². The highest BCUT2D eigenvalue weighted by atomic mass is 19.4. The molecule has 1 heterocycles. The first-order valence-electron chi connectivity index (χ1n) is 8.42. The van der Waals surface area contributed by atoms with E-state index in [0.29, 0.717) is 18.4 Å². The van der Waals surface area contributed by atoms with Crippen molar-refractivity contribution >= 4 is 0 Å². The Hall–Kier alpha value is -1.07. The maximum Gasteiger partial charge on any atom is 0.522 e. The van der Waals surface area contributed by atoms with E-state index in [1.807, 2.05) is 0 Å². The van der Waals surface area contributed by atoms with Crippen molar-refractivity contribution in [2.45, 2.75) is 57.9 Å². The number of fused-ring (bicyclic) bond motifs is 1. The molecule has 23 heavy (non-hydrogen) atoms. The molecule has 0 atom stereocenters. The van der Waals surface area contributed by atoms with Crippen LogP contribution in [-0.4, -0.2) is 31.0 Å². The standard InChI is InChI=1S/C18H24F3NO/c1-12(2)16-9-14-5-6-22(7-8-23-18(19,20)21)11-15(14)10-17(16)13-3-4-13/h9-10,12-13H,3-8,11H2,1-2H3. The lowest BCUT2D eigenvalue weighted by Crippen LogP contribution is -2.34. The minimum absolute atomic E-state index is 0.293. The van der Waals surface area contributed by atoms with Crippen molar-refractivity contribution in [3.05, 3.63) is 34.4 Å². The monoisotopic (exact) mass is 327 g/mol. The molecule has 1 saturated carbocycles. The normalized spacial score (nSPS) is 19.2. The van der Waals surface area contributed by atoms with Crippen LogP contribution in [0.3, 0.4) is 0 Å². The van der Waals surface area contributed by atoms with E-state index in [2.05, 4.69) is 35.6 Å². The van der Waals surface area contributed by atoms with Gasteiger partial charge in [0.25, 0.3) is 0 Å². The fourth-order valence-electron chi connectivity index (χ4n) is 3.44. The van der Waals surface area contributed by atoms with E-state index in [-0.39, 0.29) is 6.61 Å². The van der Waals surface area contributed by atoms with Gasteiger partial charge in [0.15, 0.2) is 0 Å². The van der Waals surface area contributed by atoms with Gasteiger partial charge in [0, 0.05) is 19.6 Å². The van der Waals surface area contributed by atoms with Gasteiger partial charge < -0.3 is 0 Å². The number of hydrogen-bond donors (Lipinski definition) is 0. The number of nitrogens with zero attached hydrogens (tertiary/aromatic N) is 1. The van der Waals surface area contributed by atoms with Crippen molar-refractivity contribution < 1.29 is 17.9 Å². The van der Waals surface area contributed by atoms with Crippen molar-refractivity contribution in [1.82, 2.24) is 4.90 Å². The number of benzene rings is 1. The van der Waals surface area contributed by atoms with E-state index in [0.717, 1.165) is 19.5 Å². The number of ether oxygens (including phenoxy) is 1. The highest BCUT2D eigenvalue weighted by molar-refractivity contribution is 5.44. The molecule has 0 N–H and O–H groups in total. The number of halogens is 3. The molecule has 2 nitrogen and oxygen atoms in total. The average Bonchev–Trinajstić information content (AvgIpc) is 3.28. The minimum atomic E-state index is -4.53. The summed E-state index contributed by atoms with van der Waals surface area (Å²) in [6, 6.07) is 4.66. The molecule has 0 saturated heterocycles. The van der Waals surface area contributed by atoms with Gasteiger partial charge in [-0.2, -0.15) is 0 Å². The quantitative estimate of drug-likeness (QED) is 0.785. The first-order valence-corrected chi connectivity index (χ1v) is 8.42. The molecular formula is C18H24F3NO. The van der Waals surface area contributed by atoms with Gasteiger partial charge in [-0.15, -0.1) is 13.2 Å². The van der Waals surface area contributed by atoms with E-state index in [4.69, 9.17) is 0 Å². The maximum atomic E-state index is 12.1. The molecule has 5 heteroatoms. The van der Waals surface area contributed by atoms with Gasteiger partial charge in [0.05, 0.1) is 6.61 Å². The van der Waals surface area contributed by atoms with Crippen LogP contribution in [0, 0.1) is 0 Å². The van der Waals surface area contributed by atoms with Crippen LogP contribution in [0.4, 0.5) is 13.2 Å². The lowest BCUT2D eigenvalue weighted by atomic mass is 9.87. The lowest BCUT2D eigenvalue weighted by molar-refractivity contribution is -0.325. The molecule has 0 unspecified atom stereocenters. The van der Waals surface area contributed by atoms with Crippen LogP contribution in [-0.2, 0) is 17.7 Å². The minimum Gasteiger partial charge on any atom is -0.296 e. The molecule has 128 valence electrons. The summed E-state index contributed by atoms with van der Waals surface area (Å²) in [4.78, 5) is 2.06. The van der Waals surface area contributed by atoms with Gasteiger partial charge >= 0.3 is 6.36 Å². The van der Waals surface area contributed by atoms with Gasteiger partial charge in [-0.05, 0) is 53.4 Å². The number of hydrogen-bond acceptors (Lipinski definition) is 2. The second kappa shape index (κ2) is 6.44. The third-order valence-electron chi connectivity index (χ3n) is 4.81. The summed E-state index contributed by atoms with van der Waals surface area (Å²) in [5, 5.41) is 0. The number of rotatable bonds is 5. The van der Waals surface area contributed by atoms with Crippen molar-refractivity contribution in [1.29, 1.82) is 0 Å². The Bertz CT molecular complexity index is 564. The first-order chi connectivity index (χ1) is 10.8. The van der Waals surface area contributed by atoms with Crippen LogP contribution in [0.1, 0.15) is 60.8 Å². The average molecular weight is 327 g/mol. The predicted octanol–water partition coefficient (Wildman–Crippen LogP) is 4.58. The van der Waals surface area contributed by atoms with Crippen LogP contribution in [0.5, 0.6) is 0 Å². The zero-order valence-corrected chi connectivity index (χ0v) is 13.7. The van der Waals surface area contributed by atoms with Gasteiger partial charge in [0.1, 0.15) is 0 Å². The summed E-state index contributed by atoms with van der Waals surface area (Å²) in [6.45, 7) is 6.03. The smallest absolute Gasteiger partial charge is 0.296 e. The molecule has 1 fully saturated rings. The fourth-order valence-corrected chi connectivity index (χ4v) is 3.44. The zero-order valence-electron chi connectivity index (χ0n) is 13.7. The van der Waals surface area contributed by atoms with Crippen LogP contribution in [0.25, 0.3) is 0 Å². The summed E-state index contributed by atoms with van der Waals surface area (Å²) >= 11 is 0. The Morgan fingerprint density at radius 1 is 1.22 bits per heavy atom. The van der Waals surface area contributed by atoms with Crippen LogP contribution in [0.2, 0.25) is 0 Å². The van der Waals surface area contributed by atoms with E-state index < -0.39 is 6.36 Å². The van der Waals surface area contributed by atoms with E-state index >= 15 is 0 Å². The third-order valence-corrected chi connectivity index (χ3v) is 4.81. The maximum absolute atomic E-state index is 12.1. The Morgan fingerprint density at radius 3 is 2.57 bits per heavy atom. The van der Waals surface area contributed by atoms with Gasteiger partial charge in [-0.25, -0.2) is 0 Å². The van der Waals surface area contributed by atoms with Crippen molar-refractivity contribution in [3.63, 3.8) is 0 Å². The van der Waals surface area contributed by atoms with Gasteiger partial charge in [0.2, 0.25) is 0 Å². The Kier molecular flexibility index (Phi) is 4.70. The highest BCUT2D eigenvalue weighted by Gasteiger charge is 2.30. The van der Waals surface area contributed by atoms with E-state index in [9.17, 15) is 13.2 Å². The SMILES string of the molecule is CC(C)c1cc2c(cc1C1CC1)CN(CCOC(F)(F)F)CC2. The Balaban J connectivity index is 1.69. The van der Waals surface area contributed by atoms with Crippen molar-refractivity contribution in [2.75, 3.05) is 19.7 Å². The second-order valence-electron chi connectivity index (χ2n) is 7.00. The predicted molar refractivity (Wildman–Crippen MR) is 83.5 cm³/mol. The molecule has 1 aliphatic carbocycles.